The van der Waals surface area contributed by atoms with Crippen molar-refractivity contribution in [3.05, 3.63) is 62.9 Å². The molecule has 0 bridgehead atoms. The molecule has 6 nitrogen and oxygen atoms in total. The molecule has 164 valence electrons. The van der Waals surface area contributed by atoms with E-state index in [0.717, 1.165) is 11.8 Å². The minimum atomic E-state index is -0.721. The van der Waals surface area contributed by atoms with Crippen LogP contribution >= 0.6 is 24.0 Å². The Morgan fingerprint density at radius 2 is 1.77 bits per heavy atom. The lowest BCUT2D eigenvalue weighted by atomic mass is 9.90. The molecule has 0 aliphatic carbocycles. The average Bonchev–Trinajstić information content (AvgIpc) is 2.71. The molecule has 0 radical (unpaired) electrons. The molecule has 8 heteroatoms. The maximum absolute atomic E-state index is 13.6. The first-order valence-corrected chi connectivity index (χ1v) is 11.3. The molecule has 0 unspecified atom stereocenters. The number of aromatic hydroxyl groups is 1. The van der Waals surface area contributed by atoms with Crippen molar-refractivity contribution in [2.75, 3.05) is 13.1 Å². The van der Waals surface area contributed by atoms with E-state index in [-0.39, 0.29) is 15.9 Å². The van der Waals surface area contributed by atoms with Crippen LogP contribution in [-0.2, 0) is 5.41 Å². The van der Waals surface area contributed by atoms with Crippen molar-refractivity contribution in [2.45, 2.75) is 44.9 Å². The molecular weight excluding hydrogens is 432 g/mol. The van der Waals surface area contributed by atoms with E-state index >= 15 is 0 Å². The van der Waals surface area contributed by atoms with E-state index in [2.05, 4.69) is 0 Å². The molecule has 3 rings (SSSR count). The molecule has 0 aliphatic rings. The summed E-state index contributed by atoms with van der Waals surface area (Å²) in [6, 6.07) is 10.8. The molecule has 31 heavy (non-hydrogen) atoms. The molecule has 0 aliphatic heterocycles. The predicted molar refractivity (Wildman–Crippen MR) is 130 cm³/mol. The fraction of sp³-hybridized carbons (Fsp3) is 0.348. The van der Waals surface area contributed by atoms with Crippen LogP contribution in [0.1, 0.15) is 40.3 Å². The van der Waals surface area contributed by atoms with Crippen LogP contribution in [0.15, 0.2) is 55.3 Å². The predicted octanol–water partition coefficient (Wildman–Crippen LogP) is 4.67. The molecule has 1 aromatic carbocycles. The highest BCUT2D eigenvalue weighted by Crippen LogP contribution is 2.34. The Kier molecular flexibility index (Phi) is 6.62. The van der Waals surface area contributed by atoms with E-state index in [0.29, 0.717) is 28.8 Å². The van der Waals surface area contributed by atoms with Crippen LogP contribution in [-0.4, -0.2) is 32.0 Å². The number of fused-ring (bicyclic) bond motifs is 1. The Bertz CT molecular complexity index is 1240. The van der Waals surface area contributed by atoms with Gasteiger partial charge >= 0.3 is 5.63 Å². The van der Waals surface area contributed by atoms with Gasteiger partial charge in [-0.15, -0.1) is 0 Å². The summed E-state index contributed by atoms with van der Waals surface area (Å²) in [5.41, 5.74) is -0.209. The maximum Gasteiger partial charge on any atom is 0.354 e. The summed E-state index contributed by atoms with van der Waals surface area (Å²) in [6.07, 6.45) is 0. The van der Waals surface area contributed by atoms with Crippen molar-refractivity contribution in [2.24, 2.45) is 0 Å². The second kappa shape index (κ2) is 8.88. The van der Waals surface area contributed by atoms with Gasteiger partial charge in [-0.1, -0.05) is 51.2 Å². The van der Waals surface area contributed by atoms with Crippen molar-refractivity contribution in [1.29, 1.82) is 0 Å². The van der Waals surface area contributed by atoms with E-state index in [1.807, 2.05) is 69.9 Å². The zero-order valence-corrected chi connectivity index (χ0v) is 19.9. The van der Waals surface area contributed by atoms with Gasteiger partial charge in [-0.3, -0.25) is 9.36 Å². The number of thioether (sulfide) groups is 1. The zero-order chi connectivity index (χ0) is 22.9. The number of aromatic nitrogens is 1. The lowest BCUT2D eigenvalue weighted by Crippen LogP contribution is -2.29. The van der Waals surface area contributed by atoms with Gasteiger partial charge in [0.2, 0.25) is 0 Å². The minimum Gasteiger partial charge on any atom is -0.505 e. The van der Waals surface area contributed by atoms with Gasteiger partial charge in [-0.25, -0.2) is 4.79 Å². The van der Waals surface area contributed by atoms with Crippen molar-refractivity contribution in [3.63, 3.8) is 0 Å². The monoisotopic (exact) mass is 458 g/mol. The van der Waals surface area contributed by atoms with Crippen LogP contribution in [0.5, 0.6) is 5.75 Å². The summed E-state index contributed by atoms with van der Waals surface area (Å²) in [5, 5.41) is 10.9. The third-order valence-electron chi connectivity index (χ3n) is 5.01. The second-order valence-corrected chi connectivity index (χ2v) is 9.75. The van der Waals surface area contributed by atoms with E-state index < -0.39 is 22.3 Å². The van der Waals surface area contributed by atoms with Gasteiger partial charge in [0.05, 0.1) is 0 Å². The highest BCUT2D eigenvalue weighted by molar-refractivity contribution is 8.23. The van der Waals surface area contributed by atoms with Crippen LogP contribution in [0.2, 0.25) is 0 Å². The van der Waals surface area contributed by atoms with E-state index in [4.69, 9.17) is 16.6 Å². The number of para-hydroxylation sites is 1. The summed E-state index contributed by atoms with van der Waals surface area (Å²) < 4.78 is 7.49. The van der Waals surface area contributed by atoms with E-state index in [1.165, 1.54) is 0 Å². The summed E-state index contributed by atoms with van der Waals surface area (Å²) in [5.74, 6) is -0.402. The van der Waals surface area contributed by atoms with Crippen molar-refractivity contribution in [3.8, 4) is 11.4 Å². The lowest BCUT2D eigenvalue weighted by Gasteiger charge is -2.25. The molecule has 0 amide bonds. The fourth-order valence-electron chi connectivity index (χ4n) is 3.35. The van der Waals surface area contributed by atoms with Gasteiger partial charge < -0.3 is 14.4 Å². The minimum absolute atomic E-state index is 0.0405. The number of thiocarbonyl (C=S) groups is 1. The second-order valence-electron chi connectivity index (χ2n) is 8.10. The first-order chi connectivity index (χ1) is 14.6. The highest BCUT2D eigenvalue weighted by Gasteiger charge is 2.26. The highest BCUT2D eigenvalue weighted by atomic mass is 32.2. The van der Waals surface area contributed by atoms with E-state index in [1.54, 1.807) is 10.6 Å². The summed E-state index contributed by atoms with van der Waals surface area (Å²) >= 11 is 6.36. The topological polar surface area (TPSA) is 75.7 Å². The Labute approximate surface area is 190 Å². The van der Waals surface area contributed by atoms with Crippen LogP contribution < -0.4 is 11.2 Å². The molecular formula is C23H26N2O4S2. The molecule has 0 saturated carbocycles. The maximum atomic E-state index is 13.6. The molecule has 2 heterocycles. The van der Waals surface area contributed by atoms with Crippen molar-refractivity contribution in [1.82, 2.24) is 9.47 Å². The molecule has 0 saturated heterocycles. The number of benzene rings is 1. The normalized spacial score (nSPS) is 11.6. The molecule has 1 N–H and O–H groups in total. The van der Waals surface area contributed by atoms with Gasteiger partial charge in [0, 0.05) is 36.0 Å². The standard InChI is InChI=1S/C23H26N2O4S2/c1-6-24(7-2)22(30)31-19-18(26)17-15(29-21(19)28)13-16(23(3,4)5)25(20(17)27)14-11-9-8-10-12-14/h8-13,26H,6-7H2,1-5H3. The summed E-state index contributed by atoms with van der Waals surface area (Å²) in [6.45, 7) is 11.1. The molecule has 2 aromatic heterocycles. The van der Waals surface area contributed by atoms with Gasteiger partial charge in [-0.05, 0) is 37.7 Å². The molecule has 0 atom stereocenters. The van der Waals surface area contributed by atoms with Gasteiger partial charge in [0.25, 0.3) is 5.56 Å². The Hall–Kier alpha value is -2.58. The lowest BCUT2D eigenvalue weighted by molar-refractivity contribution is 0.444. The third kappa shape index (κ3) is 4.41. The third-order valence-corrected chi connectivity index (χ3v) is 6.51. The fourth-order valence-corrected chi connectivity index (χ4v) is 4.75. The van der Waals surface area contributed by atoms with Crippen LogP contribution in [0.3, 0.4) is 0 Å². The molecule has 0 spiro atoms. The Balaban J connectivity index is 2.33. The number of rotatable bonds is 4. The molecule has 0 fully saturated rings. The van der Waals surface area contributed by atoms with Gasteiger partial charge in [-0.2, -0.15) is 0 Å². The number of nitrogens with zero attached hydrogens (tertiary/aromatic N) is 2. The largest absolute Gasteiger partial charge is 0.505 e. The first-order valence-electron chi connectivity index (χ1n) is 10.1. The SMILES string of the molecule is CCN(CC)C(=S)Sc1c(O)c2c(=O)n(-c3ccccc3)c(C(C)(C)C)cc2oc1=O. The van der Waals surface area contributed by atoms with Gasteiger partial charge in [0.1, 0.15) is 20.2 Å². The Morgan fingerprint density at radius 3 is 2.32 bits per heavy atom. The zero-order valence-electron chi connectivity index (χ0n) is 18.3. The smallest absolute Gasteiger partial charge is 0.354 e. The number of hydrogen-bond acceptors (Lipinski definition) is 6. The van der Waals surface area contributed by atoms with Crippen molar-refractivity contribution < 1.29 is 9.52 Å². The van der Waals surface area contributed by atoms with Gasteiger partial charge in [0.15, 0.2) is 5.75 Å². The number of pyridine rings is 1. The Morgan fingerprint density at radius 1 is 1.16 bits per heavy atom. The quantitative estimate of drug-likeness (QED) is 0.450. The average molecular weight is 459 g/mol. The molecule has 3 aromatic rings. The van der Waals surface area contributed by atoms with E-state index in [9.17, 15) is 14.7 Å². The van der Waals surface area contributed by atoms with Crippen LogP contribution in [0, 0.1) is 0 Å². The van der Waals surface area contributed by atoms with Crippen LogP contribution in [0.25, 0.3) is 16.7 Å². The van der Waals surface area contributed by atoms with Crippen molar-refractivity contribution >= 4 is 39.3 Å². The summed E-state index contributed by atoms with van der Waals surface area (Å²) in [4.78, 5) is 28.1. The van der Waals surface area contributed by atoms with Crippen LogP contribution in [0.4, 0.5) is 0 Å². The summed E-state index contributed by atoms with van der Waals surface area (Å²) in [7, 11) is 0. The number of hydrogen-bond donors (Lipinski definition) is 1. The first kappa shape index (κ1) is 23.1.